The minimum absolute atomic E-state index is 0.00257. The molecule has 1 aliphatic heterocycles. The number of hydrogen-bond acceptors (Lipinski definition) is 5. The Hall–Kier alpha value is -2.67. The van der Waals surface area contributed by atoms with Gasteiger partial charge in [0.15, 0.2) is 5.65 Å². The van der Waals surface area contributed by atoms with Crippen LogP contribution in [0.1, 0.15) is 54.6 Å². The third kappa shape index (κ3) is 2.99. The molecule has 1 atom stereocenters. The first-order chi connectivity index (χ1) is 13.4. The van der Waals surface area contributed by atoms with E-state index in [1.54, 1.807) is 6.20 Å². The third-order valence-electron chi connectivity index (χ3n) is 5.51. The van der Waals surface area contributed by atoms with Gasteiger partial charge in [0, 0.05) is 30.7 Å². The van der Waals surface area contributed by atoms with Crippen LogP contribution in [-0.4, -0.2) is 44.7 Å². The highest BCUT2D eigenvalue weighted by Gasteiger charge is 2.30. The Balaban J connectivity index is 1.91. The topological polar surface area (TPSA) is 90.2 Å². The van der Waals surface area contributed by atoms with Crippen LogP contribution < -0.4 is 5.73 Å². The first kappa shape index (κ1) is 18.7. The first-order valence-electron chi connectivity index (χ1n) is 9.87. The van der Waals surface area contributed by atoms with Crippen LogP contribution in [0.25, 0.3) is 22.3 Å². The van der Waals surface area contributed by atoms with Crippen LogP contribution in [0.5, 0.6) is 0 Å². The molecule has 4 heterocycles. The molecule has 3 aromatic heterocycles. The molecule has 7 nitrogen and oxygen atoms in total. The summed E-state index contributed by atoms with van der Waals surface area (Å²) in [6, 6.07) is 4.07. The summed E-state index contributed by atoms with van der Waals surface area (Å²) in [7, 11) is 0. The number of carbonyl (C=O) groups excluding carboxylic acids is 1. The van der Waals surface area contributed by atoms with Gasteiger partial charge >= 0.3 is 0 Å². The molecule has 7 heteroatoms. The molecule has 3 aromatic rings. The van der Waals surface area contributed by atoms with Crippen molar-refractivity contribution >= 4 is 16.9 Å². The number of pyridine rings is 1. The summed E-state index contributed by atoms with van der Waals surface area (Å²) in [5.41, 5.74) is 8.89. The zero-order valence-corrected chi connectivity index (χ0v) is 16.9. The number of fused-ring (bicyclic) bond motifs is 1. The average Bonchev–Trinajstić information content (AvgIpc) is 3.37. The van der Waals surface area contributed by atoms with E-state index >= 15 is 0 Å². The second-order valence-corrected chi connectivity index (χ2v) is 7.83. The molecular weight excluding hydrogens is 354 g/mol. The van der Waals surface area contributed by atoms with Crippen molar-refractivity contribution in [3.8, 4) is 11.3 Å². The van der Waals surface area contributed by atoms with Crippen LogP contribution >= 0.6 is 0 Å². The van der Waals surface area contributed by atoms with Crippen molar-refractivity contribution in [2.75, 3.05) is 13.1 Å². The highest BCUT2D eigenvalue weighted by atomic mass is 16.3. The fourth-order valence-corrected chi connectivity index (χ4v) is 4.10. The van der Waals surface area contributed by atoms with Crippen LogP contribution in [0.3, 0.4) is 0 Å². The summed E-state index contributed by atoms with van der Waals surface area (Å²) >= 11 is 0. The first-order valence-corrected chi connectivity index (χ1v) is 9.87. The van der Waals surface area contributed by atoms with E-state index in [1.807, 2.05) is 35.6 Å². The molecule has 148 valence electrons. The fourth-order valence-electron chi connectivity index (χ4n) is 4.10. The Morgan fingerprint density at radius 1 is 1.36 bits per heavy atom. The molecule has 2 N–H and O–H groups in total. The van der Waals surface area contributed by atoms with Gasteiger partial charge in [-0.15, -0.1) is 0 Å². The highest BCUT2D eigenvalue weighted by Crippen LogP contribution is 2.31. The quantitative estimate of drug-likeness (QED) is 0.747. The summed E-state index contributed by atoms with van der Waals surface area (Å²) in [6.07, 6.45) is 3.69. The normalized spacial score (nSPS) is 17.2. The number of rotatable bonds is 4. The van der Waals surface area contributed by atoms with Gasteiger partial charge in [0.05, 0.1) is 22.8 Å². The van der Waals surface area contributed by atoms with E-state index in [-0.39, 0.29) is 18.0 Å². The third-order valence-corrected chi connectivity index (χ3v) is 5.51. The maximum absolute atomic E-state index is 13.5. The predicted molar refractivity (Wildman–Crippen MR) is 108 cm³/mol. The SMILES string of the molecule is Cc1cc(-c2cc(C(=O)N3CCCC3CN)c3cnn(C(C)C)c3n2)c(C)o1. The lowest BCUT2D eigenvalue weighted by Gasteiger charge is -2.24. The number of furan rings is 1. The summed E-state index contributed by atoms with van der Waals surface area (Å²) in [5, 5.41) is 5.28. The summed E-state index contributed by atoms with van der Waals surface area (Å²) in [4.78, 5) is 20.2. The lowest BCUT2D eigenvalue weighted by atomic mass is 10.1. The van der Waals surface area contributed by atoms with Gasteiger partial charge in [-0.3, -0.25) is 4.79 Å². The highest BCUT2D eigenvalue weighted by molar-refractivity contribution is 6.06. The van der Waals surface area contributed by atoms with Gasteiger partial charge in [-0.1, -0.05) is 0 Å². The van der Waals surface area contributed by atoms with Crippen molar-refractivity contribution < 1.29 is 9.21 Å². The molecule has 1 unspecified atom stereocenters. The number of likely N-dealkylation sites (tertiary alicyclic amines) is 1. The van der Waals surface area contributed by atoms with Crippen molar-refractivity contribution in [2.24, 2.45) is 5.73 Å². The number of amides is 1. The van der Waals surface area contributed by atoms with E-state index in [9.17, 15) is 4.79 Å². The lowest BCUT2D eigenvalue weighted by molar-refractivity contribution is 0.0743. The molecule has 28 heavy (non-hydrogen) atoms. The smallest absolute Gasteiger partial charge is 0.255 e. The number of nitrogens with zero attached hydrogens (tertiary/aromatic N) is 4. The summed E-state index contributed by atoms with van der Waals surface area (Å²) in [6.45, 7) is 9.16. The van der Waals surface area contributed by atoms with E-state index in [0.717, 1.165) is 53.2 Å². The largest absolute Gasteiger partial charge is 0.466 e. The monoisotopic (exact) mass is 381 g/mol. The maximum Gasteiger partial charge on any atom is 0.255 e. The molecule has 0 aromatic carbocycles. The number of nitrogens with two attached hydrogens (primary N) is 1. The average molecular weight is 381 g/mol. The Morgan fingerprint density at radius 2 is 2.14 bits per heavy atom. The van der Waals surface area contributed by atoms with Gasteiger partial charge in [0.2, 0.25) is 0 Å². The molecule has 0 saturated carbocycles. The van der Waals surface area contributed by atoms with Crippen LogP contribution in [0.15, 0.2) is 22.7 Å². The van der Waals surface area contributed by atoms with E-state index in [1.165, 1.54) is 0 Å². The van der Waals surface area contributed by atoms with Gasteiger partial charge < -0.3 is 15.1 Å². The van der Waals surface area contributed by atoms with Crippen LogP contribution in [0.4, 0.5) is 0 Å². The van der Waals surface area contributed by atoms with Gasteiger partial charge in [-0.2, -0.15) is 5.10 Å². The van der Waals surface area contributed by atoms with Crippen LogP contribution in [0, 0.1) is 13.8 Å². The molecule has 1 saturated heterocycles. The van der Waals surface area contributed by atoms with Crippen molar-refractivity contribution in [3.05, 3.63) is 35.4 Å². The second kappa shape index (κ2) is 7.05. The van der Waals surface area contributed by atoms with Gasteiger partial charge in [-0.05, 0) is 52.7 Å². The molecule has 1 fully saturated rings. The van der Waals surface area contributed by atoms with Gasteiger partial charge in [0.1, 0.15) is 11.5 Å². The molecule has 4 rings (SSSR count). The van der Waals surface area contributed by atoms with Crippen molar-refractivity contribution in [2.45, 2.75) is 52.6 Å². The van der Waals surface area contributed by atoms with Crippen molar-refractivity contribution in [1.82, 2.24) is 19.7 Å². The second-order valence-electron chi connectivity index (χ2n) is 7.83. The Kier molecular flexibility index (Phi) is 4.71. The summed E-state index contributed by atoms with van der Waals surface area (Å²) < 4.78 is 7.56. The molecule has 1 aliphatic rings. The van der Waals surface area contributed by atoms with E-state index in [4.69, 9.17) is 15.1 Å². The Bertz CT molecular complexity index is 1030. The fraction of sp³-hybridized carbons (Fsp3) is 0.476. The van der Waals surface area contributed by atoms with Crippen molar-refractivity contribution in [1.29, 1.82) is 0 Å². The number of aryl methyl sites for hydroxylation is 2. The van der Waals surface area contributed by atoms with Gasteiger partial charge in [0.25, 0.3) is 5.91 Å². The minimum Gasteiger partial charge on any atom is -0.466 e. The number of carbonyl (C=O) groups is 1. The zero-order valence-electron chi connectivity index (χ0n) is 16.9. The minimum atomic E-state index is 0.00257. The van der Waals surface area contributed by atoms with E-state index in [2.05, 4.69) is 18.9 Å². The Labute approximate surface area is 164 Å². The Morgan fingerprint density at radius 3 is 2.79 bits per heavy atom. The molecule has 0 aliphatic carbocycles. The molecular formula is C21H27N5O2. The molecule has 1 amide bonds. The lowest BCUT2D eigenvalue weighted by Crippen LogP contribution is -2.40. The maximum atomic E-state index is 13.5. The summed E-state index contributed by atoms with van der Waals surface area (Å²) in [5.74, 6) is 1.62. The van der Waals surface area contributed by atoms with Crippen molar-refractivity contribution in [3.63, 3.8) is 0 Å². The zero-order chi connectivity index (χ0) is 20.0. The standard InChI is InChI=1S/C21H27N5O2/c1-12(2)26-20-18(11-23-26)17(21(27)25-7-5-6-15(25)10-22)9-19(24-20)16-8-13(3)28-14(16)4/h8-9,11-12,15H,5-7,10,22H2,1-4H3. The number of aromatic nitrogens is 3. The predicted octanol–water partition coefficient (Wildman–Crippen LogP) is 3.45. The van der Waals surface area contributed by atoms with Crippen LogP contribution in [0.2, 0.25) is 0 Å². The van der Waals surface area contributed by atoms with E-state index in [0.29, 0.717) is 12.1 Å². The van der Waals surface area contributed by atoms with E-state index < -0.39 is 0 Å². The molecule has 0 bridgehead atoms. The van der Waals surface area contributed by atoms with Crippen LogP contribution in [-0.2, 0) is 0 Å². The number of hydrogen-bond donors (Lipinski definition) is 1. The van der Waals surface area contributed by atoms with Gasteiger partial charge in [-0.25, -0.2) is 9.67 Å². The molecule has 0 radical (unpaired) electrons. The molecule has 0 spiro atoms.